The number of aromatic amines is 1. The van der Waals surface area contributed by atoms with Crippen LogP contribution in [0.25, 0.3) is 0 Å². The minimum Gasteiger partial charge on any atom is -0.508 e. The molecule has 4 saturated heterocycles. The van der Waals surface area contributed by atoms with E-state index in [1.807, 2.05) is 0 Å². The van der Waals surface area contributed by atoms with Gasteiger partial charge in [0, 0.05) is 60.7 Å². The number of unbranched alkanes of at least 4 members (excludes halogenated alkanes) is 1. The van der Waals surface area contributed by atoms with Crippen molar-refractivity contribution >= 4 is 126 Å². The van der Waals surface area contributed by atoms with Crippen molar-refractivity contribution in [2.75, 3.05) is 49.2 Å². The van der Waals surface area contributed by atoms with E-state index in [1.54, 1.807) is 27.7 Å². The second-order valence-electron chi connectivity index (χ2n) is 23.8. The van der Waals surface area contributed by atoms with Crippen molar-refractivity contribution in [2.45, 2.75) is 158 Å². The Hall–Kier alpha value is -7.87. The van der Waals surface area contributed by atoms with Gasteiger partial charge in [-0.1, -0.05) is 83.0 Å². The first-order valence-electron chi connectivity index (χ1n) is 30.9. The van der Waals surface area contributed by atoms with Crippen LogP contribution in [0, 0.1) is 11.8 Å². The normalized spacial score (nSPS) is 26.4. The molecule has 4 aliphatic rings. The van der Waals surface area contributed by atoms with Crippen LogP contribution in [0.5, 0.6) is 5.75 Å². The maximum absolute atomic E-state index is 15.0. The van der Waals surface area contributed by atoms with Crippen molar-refractivity contribution < 1.29 is 82.4 Å². The number of amides is 13. The van der Waals surface area contributed by atoms with Gasteiger partial charge < -0.3 is 94.7 Å². The fourth-order valence-electron chi connectivity index (χ4n) is 10.4. The number of benzene rings is 1. The molecule has 2 bridgehead atoms. The predicted molar refractivity (Wildman–Crippen MR) is 349 cm³/mol. The molecule has 0 unspecified atom stereocenters. The summed E-state index contributed by atoms with van der Waals surface area (Å²) in [5.41, 5.74) is 6.59. The molecular formula is C58H84N16O17S4. The van der Waals surface area contributed by atoms with E-state index in [1.165, 1.54) is 36.8 Å². The van der Waals surface area contributed by atoms with Crippen LogP contribution in [-0.4, -0.2) is 235 Å². The number of imidazole rings is 1. The molecule has 2 aromatic rings. The summed E-state index contributed by atoms with van der Waals surface area (Å²) >= 11 is 0. The fraction of sp³-hybridized carbons (Fsp3) is 0.603. The largest absolute Gasteiger partial charge is 0.508 e. The summed E-state index contributed by atoms with van der Waals surface area (Å²) in [4.78, 5) is 204. The second-order valence-corrected chi connectivity index (χ2v) is 28.9. The number of aromatic nitrogens is 2. The molecule has 6 rings (SSSR count). The number of rotatable bonds is 18. The Morgan fingerprint density at radius 2 is 1.33 bits per heavy atom. The van der Waals surface area contributed by atoms with E-state index in [0.717, 1.165) is 48.1 Å². The number of carbonyl (C=O) groups excluding carboxylic acids is 13. The number of carbonyl (C=O) groups is 14. The summed E-state index contributed by atoms with van der Waals surface area (Å²) in [5.74, 6) is -15.4. The van der Waals surface area contributed by atoms with Gasteiger partial charge in [-0.3, -0.25) is 62.3 Å². The Balaban J connectivity index is 1.41. The average molecular weight is 1410 g/mol. The van der Waals surface area contributed by atoms with E-state index in [0.29, 0.717) is 24.1 Å². The van der Waals surface area contributed by atoms with Crippen molar-refractivity contribution in [3.8, 4) is 5.75 Å². The Kier molecular flexibility index (Phi) is 30.0. The van der Waals surface area contributed by atoms with Gasteiger partial charge in [-0.2, -0.15) is 0 Å². The lowest BCUT2D eigenvalue weighted by molar-refractivity contribution is -0.146. The van der Waals surface area contributed by atoms with Crippen molar-refractivity contribution in [1.82, 2.24) is 78.7 Å². The molecule has 0 radical (unpaired) electrons. The Labute approximate surface area is 562 Å². The molecule has 13 amide bonds. The topological polar surface area (TPSA) is 502 Å². The molecule has 0 spiro atoms. The van der Waals surface area contributed by atoms with Gasteiger partial charge in [0.2, 0.25) is 76.8 Å². The molecule has 1 aromatic heterocycles. The average Bonchev–Trinajstić information content (AvgIpc) is 1.73. The number of fused-ring (bicyclic) bond motifs is 6. The van der Waals surface area contributed by atoms with Gasteiger partial charge in [0.1, 0.15) is 72.2 Å². The van der Waals surface area contributed by atoms with Gasteiger partial charge in [-0.15, -0.1) is 0 Å². The number of hydrogen-bond donors (Lipinski definition) is 17. The van der Waals surface area contributed by atoms with Crippen molar-refractivity contribution in [2.24, 2.45) is 17.6 Å². The van der Waals surface area contributed by atoms with Crippen molar-refractivity contribution in [3.05, 3.63) is 48.0 Å². The molecule has 12 atom stereocenters. The number of aliphatic carboxylic acids is 1. The highest BCUT2D eigenvalue weighted by Gasteiger charge is 2.45. The maximum Gasteiger partial charge on any atom is 0.327 e. The second kappa shape index (κ2) is 37.4. The smallest absolute Gasteiger partial charge is 0.327 e. The van der Waals surface area contributed by atoms with E-state index in [4.69, 9.17) is 5.73 Å². The van der Waals surface area contributed by atoms with Gasteiger partial charge in [-0.25, -0.2) is 9.78 Å². The number of nitrogens with one attached hydrogen (secondary N) is 13. The van der Waals surface area contributed by atoms with Crippen LogP contribution in [0.3, 0.4) is 0 Å². The van der Waals surface area contributed by atoms with E-state index in [-0.39, 0.29) is 87.1 Å². The van der Waals surface area contributed by atoms with Crippen LogP contribution in [0.1, 0.15) is 83.9 Å². The van der Waals surface area contributed by atoms with E-state index in [2.05, 4.69) is 73.8 Å². The standard InChI is InChI=1S/C58H84N16O17S4/c1-28(2)17-35-51(83)70-39-24-93-92-23-38(49(81)62-21-44(78)65-36(18-30-8-10-32(75)11-9-30)52(84)66-33(50(82)67-35)7-5-6-15-59)69-54(86)40(71-55(87)46(29(3)4)73-45(79)22-61-48(80)34-12-13-43(77)64-34)25-94-95-26-41(58(90)91)72-56(88)47-42(76)14-16-74(47)57(89)37(68-53(39)85)19-31-20-60-27-63-31/h8-11,20,27-29,33-42,46-47,75-76H,5-7,12-19,21-26,59H2,1-4H3,(H,60,63)(H,61,80)(H,62,81)(H,64,77)(H,65,78)(H,66,84)(H,67,82)(H,68,85)(H,69,86)(H,70,83)(H,71,87)(H,72,88)(H,73,79)(H,90,91)/t33-,34-,35-,36-,37-,38-,39-,40+,41+,42-,46-,47-/m0/s1. The lowest BCUT2D eigenvalue weighted by atomic mass is 10.0. The Morgan fingerprint density at radius 1 is 0.684 bits per heavy atom. The quantitative estimate of drug-likeness (QED) is 0.0494. The first kappa shape index (κ1) is 76.2. The Morgan fingerprint density at radius 3 is 1.97 bits per heavy atom. The number of aromatic hydroxyl groups is 1. The minimum absolute atomic E-state index is 0.00288. The molecule has 0 saturated carbocycles. The molecular weight excluding hydrogens is 1320 g/mol. The van der Waals surface area contributed by atoms with Crippen LogP contribution >= 0.6 is 43.2 Å². The van der Waals surface area contributed by atoms with Gasteiger partial charge in [0.15, 0.2) is 0 Å². The number of carboxylic acid groups (broad SMARTS) is 1. The molecule has 522 valence electrons. The minimum atomic E-state index is -1.71. The number of nitrogens with two attached hydrogens (primary N) is 1. The fourth-order valence-corrected chi connectivity index (χ4v) is 15.0. The molecule has 37 heteroatoms. The number of carboxylic acids is 1. The number of aliphatic hydroxyl groups excluding tert-OH is 1. The zero-order valence-corrected chi connectivity index (χ0v) is 56.0. The van der Waals surface area contributed by atoms with E-state index >= 15 is 0 Å². The SMILES string of the molecule is CC(C)C[C@@H]1NC(=O)[C@H](CCCCN)NC(=O)[C@H](Cc2ccc(O)cc2)NC(=O)CNC(=O)[C@@H]2CSSC[C@H](NC1=O)C(=O)N[C@@H](Cc1cnc[nH]1)C(=O)N1CC[C@H](O)[C@H]1C(=O)N[C@@H](C(=O)O)CSSC[C@@H](NC(=O)[C@@H](NC(=O)CNC(=O)[C@@H]1CCC(=O)N1)C(C)C)C(=O)N2. The number of hydrogen-bond acceptors (Lipinski definition) is 22. The van der Waals surface area contributed by atoms with Crippen LogP contribution in [-0.2, 0) is 80.0 Å². The lowest BCUT2D eigenvalue weighted by Crippen LogP contribution is -2.61. The van der Waals surface area contributed by atoms with Crippen molar-refractivity contribution in [3.63, 3.8) is 0 Å². The van der Waals surface area contributed by atoms with E-state index < -0.39 is 180 Å². The molecule has 95 heavy (non-hydrogen) atoms. The zero-order valence-electron chi connectivity index (χ0n) is 52.7. The number of phenolic OH excluding ortho intramolecular Hbond substituents is 1. The summed E-state index contributed by atoms with van der Waals surface area (Å²) in [6, 6.07) is -10.5. The molecule has 4 aliphatic heterocycles. The number of phenols is 1. The highest BCUT2D eigenvalue weighted by atomic mass is 33.1. The summed E-state index contributed by atoms with van der Waals surface area (Å²) in [6.45, 7) is 5.24. The highest BCUT2D eigenvalue weighted by Crippen LogP contribution is 2.27. The first-order chi connectivity index (χ1) is 45.2. The van der Waals surface area contributed by atoms with Crippen molar-refractivity contribution in [1.29, 1.82) is 0 Å². The van der Waals surface area contributed by atoms with Crippen LogP contribution in [0.2, 0.25) is 0 Å². The van der Waals surface area contributed by atoms with Gasteiger partial charge >= 0.3 is 5.97 Å². The van der Waals surface area contributed by atoms with Crippen LogP contribution in [0.15, 0.2) is 36.8 Å². The van der Waals surface area contributed by atoms with Gasteiger partial charge in [0.05, 0.1) is 25.5 Å². The van der Waals surface area contributed by atoms with Gasteiger partial charge in [0.25, 0.3) is 0 Å². The molecule has 33 nitrogen and oxygen atoms in total. The molecule has 18 N–H and O–H groups in total. The summed E-state index contributed by atoms with van der Waals surface area (Å²) < 4.78 is 0. The lowest BCUT2D eigenvalue weighted by Gasteiger charge is -2.31. The summed E-state index contributed by atoms with van der Waals surface area (Å²) in [5, 5.41) is 62.6. The molecule has 4 fully saturated rings. The Bertz CT molecular complexity index is 3080. The van der Waals surface area contributed by atoms with E-state index in [9.17, 15) is 82.4 Å². The van der Waals surface area contributed by atoms with Gasteiger partial charge in [-0.05, 0) is 74.6 Å². The third-order valence-corrected chi connectivity index (χ3v) is 20.3. The molecule has 5 heterocycles. The van der Waals surface area contributed by atoms with Crippen LogP contribution < -0.4 is 69.5 Å². The summed E-state index contributed by atoms with van der Waals surface area (Å²) in [6.07, 6.45) is 1.53. The molecule has 0 aliphatic carbocycles. The zero-order chi connectivity index (χ0) is 69.5. The number of aliphatic hydroxyl groups is 1. The summed E-state index contributed by atoms with van der Waals surface area (Å²) in [7, 11) is 3.48. The maximum atomic E-state index is 15.0. The molecule has 1 aromatic carbocycles. The number of H-pyrrole nitrogens is 1. The third kappa shape index (κ3) is 23.8. The monoisotopic (exact) mass is 1400 g/mol. The first-order valence-corrected chi connectivity index (χ1v) is 35.9. The number of nitrogens with zero attached hydrogens (tertiary/aromatic N) is 2. The predicted octanol–water partition coefficient (Wildman–Crippen LogP) is -4.56. The highest BCUT2D eigenvalue weighted by molar-refractivity contribution is 8.77. The van der Waals surface area contributed by atoms with Crippen LogP contribution in [0.4, 0.5) is 0 Å². The third-order valence-electron chi connectivity index (χ3n) is 15.5.